The minimum atomic E-state index is -0.0541. The van der Waals surface area contributed by atoms with Gasteiger partial charge >= 0.3 is 0 Å². The van der Waals surface area contributed by atoms with Crippen LogP contribution in [0.4, 0.5) is 0 Å². The second-order valence-electron chi connectivity index (χ2n) is 5.70. The van der Waals surface area contributed by atoms with Crippen molar-refractivity contribution in [2.45, 2.75) is 6.23 Å². The molecule has 0 radical (unpaired) electrons. The summed E-state index contributed by atoms with van der Waals surface area (Å²) in [6, 6.07) is 27.5. The highest BCUT2D eigenvalue weighted by Gasteiger charge is 2.24. The van der Waals surface area contributed by atoms with Gasteiger partial charge in [-0.05, 0) is 22.3 Å². The third kappa shape index (κ3) is 2.79. The molecule has 1 aliphatic rings. The Balaban J connectivity index is 1.93. The molecule has 3 aromatic rings. The fourth-order valence-electron chi connectivity index (χ4n) is 3.20. The minimum absolute atomic E-state index is 0.0541. The summed E-state index contributed by atoms with van der Waals surface area (Å²) >= 11 is 0. The highest BCUT2D eigenvalue weighted by molar-refractivity contribution is 5.79. The van der Waals surface area contributed by atoms with E-state index >= 15 is 0 Å². The van der Waals surface area contributed by atoms with E-state index in [0.29, 0.717) is 0 Å². The molecule has 1 unspecified atom stereocenters. The third-order valence-electron chi connectivity index (χ3n) is 4.25. The van der Waals surface area contributed by atoms with Crippen molar-refractivity contribution in [2.75, 3.05) is 13.2 Å². The van der Waals surface area contributed by atoms with Crippen molar-refractivity contribution in [3.8, 4) is 22.3 Å². The lowest BCUT2D eigenvalue weighted by Crippen LogP contribution is -2.16. The molecule has 1 heterocycles. The quantitative estimate of drug-likeness (QED) is 0.761. The van der Waals surface area contributed by atoms with Crippen molar-refractivity contribution < 1.29 is 4.74 Å². The molecule has 0 amide bonds. The van der Waals surface area contributed by atoms with Crippen LogP contribution < -0.4 is 5.32 Å². The van der Waals surface area contributed by atoms with E-state index in [2.05, 4.69) is 84.2 Å². The summed E-state index contributed by atoms with van der Waals surface area (Å²) in [6.45, 7) is 1.64. The van der Waals surface area contributed by atoms with Gasteiger partial charge in [0.25, 0.3) is 0 Å². The van der Waals surface area contributed by atoms with Crippen LogP contribution in [0.1, 0.15) is 11.8 Å². The first-order valence-corrected chi connectivity index (χ1v) is 8.02. The summed E-state index contributed by atoms with van der Waals surface area (Å²) in [5.41, 5.74) is 6.12. The molecule has 1 aliphatic heterocycles. The molecule has 0 spiro atoms. The van der Waals surface area contributed by atoms with E-state index in [-0.39, 0.29) is 6.23 Å². The molecule has 0 aliphatic carbocycles. The number of benzene rings is 3. The number of ether oxygens (including phenoxy) is 1. The summed E-state index contributed by atoms with van der Waals surface area (Å²) in [4.78, 5) is 0. The number of rotatable bonds is 3. The first-order valence-electron chi connectivity index (χ1n) is 8.02. The second-order valence-corrected chi connectivity index (χ2v) is 5.70. The average molecular weight is 301 g/mol. The lowest BCUT2D eigenvalue weighted by molar-refractivity contribution is 0.103. The molecule has 1 fully saturated rings. The van der Waals surface area contributed by atoms with Crippen LogP contribution in [0.25, 0.3) is 22.3 Å². The zero-order chi connectivity index (χ0) is 15.5. The van der Waals surface area contributed by atoms with Gasteiger partial charge in [-0.2, -0.15) is 0 Å². The van der Waals surface area contributed by atoms with Crippen LogP contribution in [0.5, 0.6) is 0 Å². The van der Waals surface area contributed by atoms with Crippen molar-refractivity contribution in [2.24, 2.45) is 0 Å². The largest absolute Gasteiger partial charge is 0.358 e. The van der Waals surface area contributed by atoms with Gasteiger partial charge in [-0.15, -0.1) is 0 Å². The molecule has 114 valence electrons. The zero-order valence-corrected chi connectivity index (χ0v) is 12.9. The molecule has 4 rings (SSSR count). The normalized spacial score (nSPS) is 17.3. The Bertz CT molecular complexity index is 720. The maximum Gasteiger partial charge on any atom is 0.135 e. The second kappa shape index (κ2) is 6.37. The maximum atomic E-state index is 5.95. The van der Waals surface area contributed by atoms with Gasteiger partial charge in [-0.1, -0.05) is 78.9 Å². The first-order chi connectivity index (χ1) is 11.4. The topological polar surface area (TPSA) is 21.3 Å². The predicted molar refractivity (Wildman–Crippen MR) is 94.0 cm³/mol. The molecule has 0 bridgehead atoms. The molecule has 23 heavy (non-hydrogen) atoms. The number of hydrogen-bond donors (Lipinski definition) is 1. The van der Waals surface area contributed by atoms with Crippen LogP contribution in [-0.2, 0) is 4.74 Å². The van der Waals surface area contributed by atoms with Crippen molar-refractivity contribution in [1.82, 2.24) is 5.32 Å². The van der Waals surface area contributed by atoms with Crippen molar-refractivity contribution in [3.63, 3.8) is 0 Å². The molecule has 0 saturated carbocycles. The lowest BCUT2D eigenvalue weighted by Gasteiger charge is -2.20. The van der Waals surface area contributed by atoms with E-state index in [1.54, 1.807) is 0 Å². The summed E-state index contributed by atoms with van der Waals surface area (Å²) in [5, 5.41) is 3.47. The SMILES string of the molecule is c1ccc(-c2cccc(-c3ccccc3)c2C2NCCO2)cc1. The molecular weight excluding hydrogens is 282 g/mol. The van der Waals surface area contributed by atoms with E-state index in [9.17, 15) is 0 Å². The third-order valence-corrected chi connectivity index (χ3v) is 4.25. The Labute approximate surface area is 136 Å². The fourth-order valence-corrected chi connectivity index (χ4v) is 3.20. The van der Waals surface area contributed by atoms with Gasteiger partial charge in [0.2, 0.25) is 0 Å². The molecule has 2 nitrogen and oxygen atoms in total. The Morgan fingerprint density at radius 2 is 1.26 bits per heavy atom. The monoisotopic (exact) mass is 301 g/mol. The maximum absolute atomic E-state index is 5.95. The Kier molecular flexibility index (Phi) is 3.93. The summed E-state index contributed by atoms with van der Waals surface area (Å²) in [6.07, 6.45) is -0.0541. The highest BCUT2D eigenvalue weighted by Crippen LogP contribution is 2.37. The van der Waals surface area contributed by atoms with Gasteiger partial charge < -0.3 is 4.74 Å². The van der Waals surface area contributed by atoms with Crippen LogP contribution in [0, 0.1) is 0 Å². The average Bonchev–Trinajstić information content (AvgIpc) is 3.17. The molecule has 1 saturated heterocycles. The van der Waals surface area contributed by atoms with Gasteiger partial charge in [0.1, 0.15) is 6.23 Å². The Morgan fingerprint density at radius 1 is 0.696 bits per heavy atom. The molecule has 1 atom stereocenters. The molecular formula is C21H19NO. The molecule has 0 aromatic heterocycles. The van der Waals surface area contributed by atoms with Gasteiger partial charge in [0, 0.05) is 12.1 Å². The van der Waals surface area contributed by atoms with E-state index in [4.69, 9.17) is 4.74 Å². The Hall–Kier alpha value is -2.42. The van der Waals surface area contributed by atoms with E-state index in [1.807, 2.05) is 0 Å². The van der Waals surface area contributed by atoms with Gasteiger partial charge in [0.15, 0.2) is 0 Å². The van der Waals surface area contributed by atoms with E-state index in [0.717, 1.165) is 13.2 Å². The van der Waals surface area contributed by atoms with Crippen LogP contribution in [0.2, 0.25) is 0 Å². The summed E-state index contributed by atoms with van der Waals surface area (Å²) in [5.74, 6) is 0. The minimum Gasteiger partial charge on any atom is -0.358 e. The predicted octanol–water partition coefficient (Wildman–Crippen LogP) is 4.64. The fraction of sp³-hybridized carbons (Fsp3) is 0.143. The highest BCUT2D eigenvalue weighted by atomic mass is 16.5. The van der Waals surface area contributed by atoms with Crippen molar-refractivity contribution >= 4 is 0 Å². The van der Waals surface area contributed by atoms with Gasteiger partial charge in [0.05, 0.1) is 6.61 Å². The van der Waals surface area contributed by atoms with Crippen LogP contribution in [0.3, 0.4) is 0 Å². The van der Waals surface area contributed by atoms with Crippen LogP contribution >= 0.6 is 0 Å². The Morgan fingerprint density at radius 3 is 1.74 bits per heavy atom. The number of nitrogens with one attached hydrogen (secondary N) is 1. The van der Waals surface area contributed by atoms with E-state index < -0.39 is 0 Å². The first kappa shape index (κ1) is 14.2. The smallest absolute Gasteiger partial charge is 0.135 e. The molecule has 2 heteroatoms. The van der Waals surface area contributed by atoms with Crippen molar-refractivity contribution in [1.29, 1.82) is 0 Å². The zero-order valence-electron chi connectivity index (χ0n) is 12.9. The summed E-state index contributed by atoms with van der Waals surface area (Å²) in [7, 11) is 0. The van der Waals surface area contributed by atoms with E-state index in [1.165, 1.54) is 27.8 Å². The standard InChI is InChI=1S/C21H19NO/c1-3-8-16(9-4-1)18-12-7-13-19(17-10-5-2-6-11-17)20(18)21-22-14-15-23-21/h1-13,21-22H,14-15H2. The molecule has 3 aromatic carbocycles. The van der Waals surface area contributed by atoms with Gasteiger partial charge in [-0.25, -0.2) is 0 Å². The van der Waals surface area contributed by atoms with Crippen LogP contribution in [0.15, 0.2) is 78.9 Å². The van der Waals surface area contributed by atoms with Crippen molar-refractivity contribution in [3.05, 3.63) is 84.4 Å². The van der Waals surface area contributed by atoms with Crippen LogP contribution in [-0.4, -0.2) is 13.2 Å². The molecule has 1 N–H and O–H groups in total. The lowest BCUT2D eigenvalue weighted by atomic mass is 9.91. The summed E-state index contributed by atoms with van der Waals surface area (Å²) < 4.78 is 5.95. The number of hydrogen-bond acceptors (Lipinski definition) is 2. The van der Waals surface area contributed by atoms with Gasteiger partial charge in [-0.3, -0.25) is 5.32 Å².